The zero-order valence-electron chi connectivity index (χ0n) is 16.5. The number of benzene rings is 2. The Kier molecular flexibility index (Phi) is 6.19. The standard InChI is InChI=1S/C23H26N4O2/c28-21(24-15-14-18-6-2-1-3-7-18)12-13-22-25-23(26-29-22)19-8-10-20(11-9-19)27-16-4-5-17-27/h1-3,6-11H,4-5,12-17H2,(H,24,28). The highest BCUT2D eigenvalue weighted by Crippen LogP contribution is 2.24. The Morgan fingerprint density at radius 3 is 2.52 bits per heavy atom. The number of amides is 1. The van der Waals surface area contributed by atoms with Crippen LogP contribution in [0, 0.1) is 0 Å². The SMILES string of the molecule is O=C(CCc1nc(-c2ccc(N3CCCC3)cc2)no1)NCCc1ccccc1. The normalized spacial score (nSPS) is 13.6. The summed E-state index contributed by atoms with van der Waals surface area (Å²) in [5.41, 5.74) is 3.38. The van der Waals surface area contributed by atoms with Gasteiger partial charge in [0.05, 0.1) is 0 Å². The number of rotatable bonds is 8. The lowest BCUT2D eigenvalue weighted by Crippen LogP contribution is -2.25. The Hall–Kier alpha value is -3.15. The average molecular weight is 390 g/mol. The summed E-state index contributed by atoms with van der Waals surface area (Å²) in [5.74, 6) is 1.05. The lowest BCUT2D eigenvalue weighted by molar-refractivity contribution is -0.121. The third kappa shape index (κ3) is 5.22. The van der Waals surface area contributed by atoms with Crippen molar-refractivity contribution in [3.8, 4) is 11.4 Å². The Morgan fingerprint density at radius 1 is 1.00 bits per heavy atom. The van der Waals surface area contributed by atoms with E-state index in [0.29, 0.717) is 31.1 Å². The molecule has 0 aliphatic carbocycles. The first-order chi connectivity index (χ1) is 14.3. The first kappa shape index (κ1) is 19.2. The Labute approximate surface area is 170 Å². The maximum Gasteiger partial charge on any atom is 0.227 e. The molecule has 4 rings (SSSR count). The van der Waals surface area contributed by atoms with Crippen LogP contribution in [-0.4, -0.2) is 35.7 Å². The summed E-state index contributed by atoms with van der Waals surface area (Å²) in [4.78, 5) is 18.9. The average Bonchev–Trinajstić information content (AvgIpc) is 3.46. The molecular formula is C23H26N4O2. The summed E-state index contributed by atoms with van der Waals surface area (Å²) >= 11 is 0. The van der Waals surface area contributed by atoms with Crippen molar-refractivity contribution in [2.24, 2.45) is 0 Å². The number of nitrogens with one attached hydrogen (secondary N) is 1. The molecule has 0 radical (unpaired) electrons. The van der Waals surface area contributed by atoms with Gasteiger partial charge in [-0.2, -0.15) is 4.98 Å². The fourth-order valence-corrected chi connectivity index (χ4v) is 3.57. The second kappa shape index (κ2) is 9.37. The molecule has 0 atom stereocenters. The van der Waals surface area contributed by atoms with Crippen LogP contribution >= 0.6 is 0 Å². The predicted molar refractivity (Wildman–Crippen MR) is 113 cm³/mol. The number of hydrogen-bond acceptors (Lipinski definition) is 5. The molecule has 0 saturated carbocycles. The zero-order chi connectivity index (χ0) is 19.9. The molecule has 6 nitrogen and oxygen atoms in total. The molecule has 2 heterocycles. The zero-order valence-corrected chi connectivity index (χ0v) is 16.5. The van der Waals surface area contributed by atoms with Gasteiger partial charge in [-0.15, -0.1) is 0 Å². The molecule has 1 fully saturated rings. The summed E-state index contributed by atoms with van der Waals surface area (Å²) < 4.78 is 5.32. The first-order valence-corrected chi connectivity index (χ1v) is 10.3. The molecule has 1 N–H and O–H groups in total. The molecule has 1 amide bonds. The molecule has 1 aliphatic rings. The highest BCUT2D eigenvalue weighted by atomic mass is 16.5. The number of anilines is 1. The molecule has 1 aliphatic heterocycles. The van der Waals surface area contributed by atoms with E-state index in [1.54, 1.807) is 0 Å². The van der Waals surface area contributed by atoms with E-state index in [4.69, 9.17) is 4.52 Å². The van der Waals surface area contributed by atoms with Gasteiger partial charge in [-0.1, -0.05) is 35.5 Å². The van der Waals surface area contributed by atoms with Crippen molar-refractivity contribution in [1.29, 1.82) is 0 Å². The molecule has 2 aromatic carbocycles. The number of aromatic nitrogens is 2. The van der Waals surface area contributed by atoms with E-state index < -0.39 is 0 Å². The second-order valence-corrected chi connectivity index (χ2v) is 7.34. The van der Waals surface area contributed by atoms with Crippen molar-refractivity contribution < 1.29 is 9.32 Å². The second-order valence-electron chi connectivity index (χ2n) is 7.34. The molecule has 3 aromatic rings. The largest absolute Gasteiger partial charge is 0.372 e. The number of aryl methyl sites for hydroxylation is 1. The van der Waals surface area contributed by atoms with E-state index in [2.05, 4.69) is 44.6 Å². The van der Waals surface area contributed by atoms with Crippen molar-refractivity contribution in [2.45, 2.75) is 32.1 Å². The molecule has 29 heavy (non-hydrogen) atoms. The summed E-state index contributed by atoms with van der Waals surface area (Å²) in [7, 11) is 0. The fourth-order valence-electron chi connectivity index (χ4n) is 3.57. The van der Waals surface area contributed by atoms with Crippen molar-refractivity contribution in [3.63, 3.8) is 0 Å². The maximum atomic E-state index is 12.0. The highest BCUT2D eigenvalue weighted by molar-refractivity contribution is 5.76. The predicted octanol–water partition coefficient (Wildman–Crippen LogP) is 3.63. The van der Waals surface area contributed by atoms with Crippen LogP contribution in [0.5, 0.6) is 0 Å². The quantitative estimate of drug-likeness (QED) is 0.636. The van der Waals surface area contributed by atoms with Gasteiger partial charge < -0.3 is 14.7 Å². The van der Waals surface area contributed by atoms with Crippen LogP contribution in [0.2, 0.25) is 0 Å². The lowest BCUT2D eigenvalue weighted by atomic mass is 10.1. The molecule has 150 valence electrons. The van der Waals surface area contributed by atoms with Gasteiger partial charge in [0.2, 0.25) is 17.6 Å². The highest BCUT2D eigenvalue weighted by Gasteiger charge is 2.14. The summed E-state index contributed by atoms with van der Waals surface area (Å²) in [6.07, 6.45) is 4.12. The summed E-state index contributed by atoms with van der Waals surface area (Å²) in [6, 6.07) is 18.4. The van der Waals surface area contributed by atoms with Crippen LogP contribution in [0.25, 0.3) is 11.4 Å². The lowest BCUT2D eigenvalue weighted by Gasteiger charge is -2.17. The summed E-state index contributed by atoms with van der Waals surface area (Å²) in [5, 5.41) is 7.00. The van der Waals surface area contributed by atoms with Crippen LogP contribution in [-0.2, 0) is 17.6 Å². The van der Waals surface area contributed by atoms with Crippen LogP contribution in [0.4, 0.5) is 5.69 Å². The van der Waals surface area contributed by atoms with Gasteiger partial charge in [0.25, 0.3) is 0 Å². The molecular weight excluding hydrogens is 364 g/mol. The van der Waals surface area contributed by atoms with E-state index in [1.165, 1.54) is 24.1 Å². The first-order valence-electron chi connectivity index (χ1n) is 10.3. The molecule has 6 heteroatoms. The molecule has 1 aromatic heterocycles. The third-order valence-electron chi connectivity index (χ3n) is 5.21. The fraction of sp³-hybridized carbons (Fsp3) is 0.348. The van der Waals surface area contributed by atoms with Crippen LogP contribution in [0.3, 0.4) is 0 Å². The van der Waals surface area contributed by atoms with Crippen molar-refractivity contribution in [2.75, 3.05) is 24.5 Å². The Balaban J connectivity index is 1.24. The molecule has 0 spiro atoms. The van der Waals surface area contributed by atoms with Gasteiger partial charge in [-0.25, -0.2) is 0 Å². The number of carbonyl (C=O) groups excluding carboxylic acids is 1. The molecule has 1 saturated heterocycles. The minimum atomic E-state index is -0.00403. The van der Waals surface area contributed by atoms with Crippen molar-refractivity contribution in [3.05, 3.63) is 66.1 Å². The Morgan fingerprint density at radius 2 is 1.76 bits per heavy atom. The molecule has 0 unspecified atom stereocenters. The van der Waals surface area contributed by atoms with Crippen LogP contribution in [0.1, 0.15) is 30.7 Å². The number of carbonyl (C=O) groups is 1. The van der Waals surface area contributed by atoms with Gasteiger partial charge in [0, 0.05) is 43.7 Å². The maximum absolute atomic E-state index is 12.0. The summed E-state index contributed by atoms with van der Waals surface area (Å²) in [6.45, 7) is 2.87. The van der Waals surface area contributed by atoms with E-state index in [9.17, 15) is 4.79 Å². The van der Waals surface area contributed by atoms with E-state index in [0.717, 1.165) is 25.1 Å². The minimum absolute atomic E-state index is 0.00403. The smallest absolute Gasteiger partial charge is 0.227 e. The molecule has 0 bridgehead atoms. The van der Waals surface area contributed by atoms with Crippen molar-refractivity contribution >= 4 is 11.6 Å². The van der Waals surface area contributed by atoms with Crippen LogP contribution in [0.15, 0.2) is 59.1 Å². The van der Waals surface area contributed by atoms with Gasteiger partial charge in [-0.05, 0) is 49.1 Å². The number of nitrogens with zero attached hydrogens (tertiary/aromatic N) is 3. The van der Waals surface area contributed by atoms with Gasteiger partial charge in [0.15, 0.2) is 0 Å². The van der Waals surface area contributed by atoms with Gasteiger partial charge >= 0.3 is 0 Å². The van der Waals surface area contributed by atoms with Gasteiger partial charge in [0.1, 0.15) is 0 Å². The minimum Gasteiger partial charge on any atom is -0.372 e. The van der Waals surface area contributed by atoms with Crippen LogP contribution < -0.4 is 10.2 Å². The Bertz CT molecular complexity index is 916. The third-order valence-corrected chi connectivity index (χ3v) is 5.21. The van der Waals surface area contributed by atoms with Crippen molar-refractivity contribution in [1.82, 2.24) is 15.5 Å². The van der Waals surface area contributed by atoms with Gasteiger partial charge in [-0.3, -0.25) is 4.79 Å². The number of hydrogen-bond donors (Lipinski definition) is 1. The monoisotopic (exact) mass is 390 g/mol. The van der Waals surface area contributed by atoms with E-state index in [1.807, 2.05) is 30.3 Å². The van der Waals surface area contributed by atoms with E-state index >= 15 is 0 Å². The topological polar surface area (TPSA) is 71.3 Å². The van der Waals surface area contributed by atoms with E-state index in [-0.39, 0.29) is 5.91 Å².